The van der Waals surface area contributed by atoms with Crippen LogP contribution in [0.15, 0.2) is 29.2 Å². The first-order valence-corrected chi connectivity index (χ1v) is 8.01. The van der Waals surface area contributed by atoms with Gasteiger partial charge in [-0.3, -0.25) is 4.79 Å². The van der Waals surface area contributed by atoms with Crippen molar-refractivity contribution in [1.82, 2.24) is 10.2 Å². The third kappa shape index (κ3) is 5.49. The van der Waals surface area contributed by atoms with E-state index in [0.29, 0.717) is 12.5 Å². The number of likely N-dealkylation sites (tertiary alicyclic amines) is 1. The lowest BCUT2D eigenvalue weighted by Gasteiger charge is -2.24. The minimum Gasteiger partial charge on any atom is -0.338 e. The Balaban J connectivity index is 0.00000220. The molecule has 0 aromatic heterocycles. The van der Waals surface area contributed by atoms with Gasteiger partial charge in [0.15, 0.2) is 0 Å². The van der Waals surface area contributed by atoms with E-state index >= 15 is 0 Å². The lowest BCUT2D eigenvalue weighted by atomic mass is 10.2. The zero-order valence-electron chi connectivity index (χ0n) is 12.2. The summed E-state index contributed by atoms with van der Waals surface area (Å²) in [7, 11) is 1.92. The van der Waals surface area contributed by atoms with Gasteiger partial charge < -0.3 is 10.2 Å². The molecule has 1 unspecified atom stereocenters. The number of amides is 1. The lowest BCUT2D eigenvalue weighted by molar-refractivity contribution is -0.131. The van der Waals surface area contributed by atoms with Crippen molar-refractivity contribution in [3.8, 4) is 0 Å². The normalized spacial score (nSPS) is 17.6. The van der Waals surface area contributed by atoms with Gasteiger partial charge in [0.05, 0.1) is 0 Å². The van der Waals surface area contributed by atoms with Crippen molar-refractivity contribution in [2.24, 2.45) is 0 Å². The maximum Gasteiger partial charge on any atom is 0.223 e. The van der Waals surface area contributed by atoms with E-state index in [9.17, 15) is 9.18 Å². The van der Waals surface area contributed by atoms with Gasteiger partial charge in [0.25, 0.3) is 0 Å². The minimum absolute atomic E-state index is 0. The SMILES string of the molecule is CNCC1CCCN1C(=O)CCSc1ccc(F)cc1.Cl. The Labute approximate surface area is 136 Å². The molecule has 3 nitrogen and oxygen atoms in total. The van der Waals surface area contributed by atoms with E-state index in [2.05, 4.69) is 5.32 Å². The van der Waals surface area contributed by atoms with Crippen molar-refractivity contribution >= 4 is 30.1 Å². The molecular weight excluding hydrogens is 311 g/mol. The fraction of sp³-hybridized carbons (Fsp3) is 0.533. The molecule has 1 aliphatic heterocycles. The molecule has 0 spiro atoms. The molecule has 1 aromatic carbocycles. The summed E-state index contributed by atoms with van der Waals surface area (Å²) in [5.41, 5.74) is 0. The molecule has 1 atom stereocenters. The van der Waals surface area contributed by atoms with Crippen LogP contribution in [-0.4, -0.2) is 42.7 Å². The van der Waals surface area contributed by atoms with Crippen molar-refractivity contribution in [3.63, 3.8) is 0 Å². The maximum absolute atomic E-state index is 12.8. The van der Waals surface area contributed by atoms with E-state index in [1.54, 1.807) is 23.9 Å². The number of carbonyl (C=O) groups is 1. The lowest BCUT2D eigenvalue weighted by Crippen LogP contribution is -2.40. The number of nitrogens with zero attached hydrogens (tertiary/aromatic N) is 1. The van der Waals surface area contributed by atoms with Crippen molar-refractivity contribution in [2.75, 3.05) is 25.9 Å². The topological polar surface area (TPSA) is 32.3 Å². The second kappa shape index (κ2) is 9.28. The Hall–Kier alpha value is -0.780. The molecule has 1 N–H and O–H groups in total. The molecule has 2 rings (SSSR count). The first-order valence-electron chi connectivity index (χ1n) is 7.03. The van der Waals surface area contributed by atoms with Crippen LogP contribution in [0.3, 0.4) is 0 Å². The van der Waals surface area contributed by atoms with Crippen LogP contribution in [0, 0.1) is 5.82 Å². The van der Waals surface area contributed by atoms with E-state index in [1.807, 2.05) is 11.9 Å². The smallest absolute Gasteiger partial charge is 0.223 e. The summed E-state index contributed by atoms with van der Waals surface area (Å²) in [4.78, 5) is 15.2. The molecule has 1 aliphatic rings. The summed E-state index contributed by atoms with van der Waals surface area (Å²) >= 11 is 1.60. The van der Waals surface area contributed by atoms with Crippen molar-refractivity contribution in [2.45, 2.75) is 30.2 Å². The van der Waals surface area contributed by atoms with Crippen LogP contribution in [0.4, 0.5) is 4.39 Å². The molecule has 118 valence electrons. The van der Waals surface area contributed by atoms with E-state index in [1.165, 1.54) is 12.1 Å². The van der Waals surface area contributed by atoms with Gasteiger partial charge in [-0.25, -0.2) is 4.39 Å². The van der Waals surface area contributed by atoms with Gasteiger partial charge in [-0.2, -0.15) is 0 Å². The highest BCUT2D eigenvalue weighted by Crippen LogP contribution is 2.21. The van der Waals surface area contributed by atoms with Crippen LogP contribution in [0.1, 0.15) is 19.3 Å². The molecule has 0 radical (unpaired) electrons. The number of rotatable bonds is 6. The van der Waals surface area contributed by atoms with Crippen LogP contribution in [0.25, 0.3) is 0 Å². The molecule has 0 bridgehead atoms. The Morgan fingerprint density at radius 2 is 2.14 bits per heavy atom. The van der Waals surface area contributed by atoms with Gasteiger partial charge in [0.1, 0.15) is 5.82 Å². The van der Waals surface area contributed by atoms with Gasteiger partial charge in [-0.15, -0.1) is 24.2 Å². The van der Waals surface area contributed by atoms with E-state index in [4.69, 9.17) is 0 Å². The van der Waals surface area contributed by atoms with Gasteiger partial charge in [0.2, 0.25) is 5.91 Å². The monoisotopic (exact) mass is 332 g/mol. The van der Waals surface area contributed by atoms with Crippen LogP contribution >= 0.6 is 24.2 Å². The number of nitrogens with one attached hydrogen (secondary N) is 1. The minimum atomic E-state index is -0.225. The van der Waals surface area contributed by atoms with E-state index in [0.717, 1.165) is 36.6 Å². The number of benzene rings is 1. The van der Waals surface area contributed by atoms with Crippen molar-refractivity contribution in [3.05, 3.63) is 30.1 Å². The Morgan fingerprint density at radius 1 is 1.43 bits per heavy atom. The summed E-state index contributed by atoms with van der Waals surface area (Å²) < 4.78 is 12.8. The first kappa shape index (κ1) is 18.3. The third-order valence-corrected chi connectivity index (χ3v) is 4.55. The molecule has 0 aliphatic carbocycles. The quantitative estimate of drug-likeness (QED) is 0.813. The summed E-state index contributed by atoms with van der Waals surface area (Å²) in [6.45, 7) is 1.75. The highest BCUT2D eigenvalue weighted by molar-refractivity contribution is 7.99. The van der Waals surface area contributed by atoms with Crippen LogP contribution in [0.5, 0.6) is 0 Å². The van der Waals surface area contributed by atoms with Gasteiger partial charge >= 0.3 is 0 Å². The van der Waals surface area contributed by atoms with Crippen molar-refractivity contribution in [1.29, 1.82) is 0 Å². The summed E-state index contributed by atoms with van der Waals surface area (Å²) in [5.74, 6) is 0.752. The molecule has 21 heavy (non-hydrogen) atoms. The van der Waals surface area contributed by atoms with Gasteiger partial charge in [-0.1, -0.05) is 0 Å². The predicted molar refractivity (Wildman–Crippen MR) is 87.7 cm³/mol. The average Bonchev–Trinajstić information content (AvgIpc) is 2.90. The Kier molecular flexibility index (Phi) is 8.07. The Morgan fingerprint density at radius 3 is 2.81 bits per heavy atom. The summed E-state index contributed by atoms with van der Waals surface area (Å²) in [6, 6.07) is 6.76. The van der Waals surface area contributed by atoms with Gasteiger partial charge in [-0.05, 0) is 44.2 Å². The highest BCUT2D eigenvalue weighted by Gasteiger charge is 2.27. The number of thioether (sulfide) groups is 1. The van der Waals surface area contributed by atoms with Gasteiger partial charge in [0, 0.05) is 36.2 Å². The van der Waals surface area contributed by atoms with Crippen LogP contribution < -0.4 is 5.32 Å². The standard InChI is InChI=1S/C15H21FN2OS.ClH/c1-17-11-13-3-2-9-18(13)15(19)8-10-20-14-6-4-12(16)5-7-14;/h4-7,13,17H,2-3,8-11H2,1H3;1H. The third-order valence-electron chi connectivity index (χ3n) is 3.54. The molecule has 1 saturated heterocycles. The zero-order chi connectivity index (χ0) is 14.4. The number of halogens is 2. The Bertz CT molecular complexity index is 444. The van der Waals surface area contributed by atoms with Crippen LogP contribution in [0.2, 0.25) is 0 Å². The number of hydrogen-bond donors (Lipinski definition) is 1. The molecule has 1 amide bonds. The average molecular weight is 333 g/mol. The molecule has 1 heterocycles. The molecule has 0 saturated carbocycles. The zero-order valence-corrected chi connectivity index (χ0v) is 13.8. The maximum atomic E-state index is 12.8. The molecule has 6 heteroatoms. The molecule has 1 aromatic rings. The fourth-order valence-electron chi connectivity index (χ4n) is 2.54. The second-order valence-corrected chi connectivity index (χ2v) is 6.16. The number of carbonyl (C=O) groups excluding carboxylic acids is 1. The summed E-state index contributed by atoms with van der Waals surface area (Å²) in [5, 5.41) is 3.15. The summed E-state index contributed by atoms with van der Waals surface area (Å²) in [6.07, 6.45) is 2.74. The molecule has 1 fully saturated rings. The highest BCUT2D eigenvalue weighted by atomic mass is 35.5. The van der Waals surface area contributed by atoms with E-state index in [-0.39, 0.29) is 24.1 Å². The largest absolute Gasteiger partial charge is 0.338 e. The predicted octanol–water partition coefficient (Wildman–Crippen LogP) is 2.94. The number of hydrogen-bond acceptors (Lipinski definition) is 3. The first-order chi connectivity index (χ1) is 9.70. The number of likely N-dealkylation sites (N-methyl/N-ethyl adjacent to an activating group) is 1. The fourth-order valence-corrected chi connectivity index (χ4v) is 3.38. The molecular formula is C15H22ClFN2OS. The van der Waals surface area contributed by atoms with E-state index < -0.39 is 0 Å². The second-order valence-electron chi connectivity index (χ2n) is 4.99. The van der Waals surface area contributed by atoms with Crippen molar-refractivity contribution < 1.29 is 9.18 Å². The van der Waals surface area contributed by atoms with Crippen LogP contribution in [-0.2, 0) is 4.79 Å².